The molecule has 0 heterocycles. The van der Waals surface area contributed by atoms with Gasteiger partial charge >= 0.3 is 5.97 Å². The van der Waals surface area contributed by atoms with Crippen LogP contribution >= 0.6 is 0 Å². The van der Waals surface area contributed by atoms with Crippen LogP contribution in [0.5, 0.6) is 0 Å². The molecule has 0 saturated carbocycles. The predicted octanol–water partition coefficient (Wildman–Crippen LogP) is 2.48. The molecule has 0 saturated heterocycles. The van der Waals surface area contributed by atoms with E-state index in [1.54, 1.807) is 6.92 Å². The SMILES string of the molecule is CCc1cc2c(cc1C(C)=O)CC(OC(C)=O)C2. The molecule has 2 rings (SSSR count). The number of hydrogen-bond donors (Lipinski definition) is 0. The van der Waals surface area contributed by atoms with Crippen molar-refractivity contribution in [2.75, 3.05) is 0 Å². The Labute approximate surface area is 107 Å². The second-order valence-corrected chi connectivity index (χ2v) is 4.83. The second kappa shape index (κ2) is 4.92. The highest BCUT2D eigenvalue weighted by atomic mass is 16.5. The number of fused-ring (bicyclic) bond motifs is 1. The zero-order valence-corrected chi connectivity index (χ0v) is 11.1. The van der Waals surface area contributed by atoms with Gasteiger partial charge in [-0.15, -0.1) is 0 Å². The summed E-state index contributed by atoms with van der Waals surface area (Å²) < 4.78 is 5.24. The molecule has 0 radical (unpaired) electrons. The van der Waals surface area contributed by atoms with Crippen LogP contribution in [-0.2, 0) is 28.8 Å². The van der Waals surface area contributed by atoms with Crippen LogP contribution in [0.3, 0.4) is 0 Å². The Morgan fingerprint density at radius 1 is 1.22 bits per heavy atom. The molecular weight excluding hydrogens is 228 g/mol. The van der Waals surface area contributed by atoms with E-state index in [0.29, 0.717) is 0 Å². The first-order valence-electron chi connectivity index (χ1n) is 6.34. The van der Waals surface area contributed by atoms with Crippen molar-refractivity contribution >= 4 is 11.8 Å². The van der Waals surface area contributed by atoms with Crippen LogP contribution in [-0.4, -0.2) is 17.9 Å². The van der Waals surface area contributed by atoms with Gasteiger partial charge in [0.2, 0.25) is 0 Å². The maximum atomic E-state index is 11.6. The van der Waals surface area contributed by atoms with Crippen molar-refractivity contribution in [3.8, 4) is 0 Å². The molecule has 0 spiro atoms. The first-order chi connectivity index (χ1) is 8.51. The van der Waals surface area contributed by atoms with Crippen molar-refractivity contribution < 1.29 is 14.3 Å². The topological polar surface area (TPSA) is 43.4 Å². The molecule has 0 bridgehead atoms. The van der Waals surface area contributed by atoms with E-state index in [-0.39, 0.29) is 17.9 Å². The molecule has 1 aliphatic carbocycles. The summed E-state index contributed by atoms with van der Waals surface area (Å²) in [7, 11) is 0. The smallest absolute Gasteiger partial charge is 0.302 e. The third kappa shape index (κ3) is 2.45. The van der Waals surface area contributed by atoms with Crippen LogP contribution in [0.1, 0.15) is 47.8 Å². The van der Waals surface area contributed by atoms with Crippen LogP contribution in [0, 0.1) is 0 Å². The minimum absolute atomic E-state index is 0.0654. The largest absolute Gasteiger partial charge is 0.462 e. The Hall–Kier alpha value is -1.64. The predicted molar refractivity (Wildman–Crippen MR) is 68.8 cm³/mol. The lowest BCUT2D eigenvalue weighted by atomic mass is 9.96. The molecular formula is C15H18O3. The van der Waals surface area contributed by atoms with Crippen molar-refractivity contribution in [1.29, 1.82) is 0 Å². The van der Waals surface area contributed by atoms with Crippen molar-refractivity contribution in [1.82, 2.24) is 0 Å². The number of carbonyl (C=O) groups excluding carboxylic acids is 2. The molecule has 0 fully saturated rings. The van der Waals surface area contributed by atoms with Crippen LogP contribution in [0.25, 0.3) is 0 Å². The maximum Gasteiger partial charge on any atom is 0.302 e. The van der Waals surface area contributed by atoms with Crippen molar-refractivity contribution in [3.63, 3.8) is 0 Å². The standard InChI is InChI=1S/C15H18O3/c1-4-11-5-12-6-14(18-10(3)17)7-13(12)8-15(11)9(2)16/h5,8,14H,4,6-7H2,1-3H3. The van der Waals surface area contributed by atoms with E-state index in [4.69, 9.17) is 4.74 Å². The average molecular weight is 246 g/mol. The number of aryl methyl sites for hydroxylation is 1. The highest BCUT2D eigenvalue weighted by Gasteiger charge is 2.25. The zero-order chi connectivity index (χ0) is 13.3. The van der Waals surface area contributed by atoms with E-state index in [9.17, 15) is 9.59 Å². The molecule has 0 aliphatic heterocycles. The minimum atomic E-state index is -0.240. The monoisotopic (exact) mass is 246 g/mol. The number of Topliss-reactive ketones (excluding diaryl/α,β-unsaturated/α-hetero) is 1. The molecule has 0 amide bonds. The number of hydrogen-bond acceptors (Lipinski definition) is 3. The number of benzene rings is 1. The Morgan fingerprint density at radius 3 is 2.33 bits per heavy atom. The van der Waals surface area contributed by atoms with Crippen molar-refractivity contribution in [3.05, 3.63) is 34.4 Å². The van der Waals surface area contributed by atoms with Crippen LogP contribution in [0.4, 0.5) is 0 Å². The maximum absolute atomic E-state index is 11.6. The van der Waals surface area contributed by atoms with Gasteiger partial charge in [0.1, 0.15) is 6.10 Å². The number of esters is 1. The molecule has 1 unspecified atom stereocenters. The molecule has 3 heteroatoms. The summed E-state index contributed by atoms with van der Waals surface area (Å²) in [5, 5.41) is 0. The van der Waals surface area contributed by atoms with E-state index >= 15 is 0 Å². The minimum Gasteiger partial charge on any atom is -0.462 e. The number of ketones is 1. The van der Waals surface area contributed by atoms with Crippen molar-refractivity contribution in [2.45, 2.75) is 46.1 Å². The van der Waals surface area contributed by atoms with E-state index in [0.717, 1.165) is 36.0 Å². The van der Waals surface area contributed by atoms with Gasteiger partial charge in [-0.05, 0) is 36.1 Å². The first kappa shape index (κ1) is 12.8. The van der Waals surface area contributed by atoms with Gasteiger partial charge in [-0.25, -0.2) is 0 Å². The quantitative estimate of drug-likeness (QED) is 0.608. The summed E-state index contributed by atoms with van der Waals surface area (Å²) in [4.78, 5) is 22.6. The molecule has 0 aromatic heterocycles. The summed E-state index contributed by atoms with van der Waals surface area (Å²) in [5.41, 5.74) is 4.25. The summed E-state index contributed by atoms with van der Waals surface area (Å²) >= 11 is 0. The Kier molecular flexibility index (Phi) is 3.50. The Balaban J connectivity index is 2.30. The van der Waals surface area contributed by atoms with Crippen molar-refractivity contribution in [2.24, 2.45) is 0 Å². The number of carbonyl (C=O) groups is 2. The lowest BCUT2D eigenvalue weighted by Crippen LogP contribution is -2.15. The fourth-order valence-electron chi connectivity index (χ4n) is 2.62. The van der Waals surface area contributed by atoms with Gasteiger partial charge < -0.3 is 4.74 Å². The Morgan fingerprint density at radius 2 is 1.83 bits per heavy atom. The van der Waals surface area contributed by atoms with E-state index in [2.05, 4.69) is 6.07 Å². The molecule has 0 N–H and O–H groups in total. The lowest BCUT2D eigenvalue weighted by molar-refractivity contribution is -0.145. The van der Waals surface area contributed by atoms with E-state index < -0.39 is 0 Å². The van der Waals surface area contributed by atoms with Gasteiger partial charge in [-0.2, -0.15) is 0 Å². The highest BCUT2D eigenvalue weighted by Crippen LogP contribution is 2.28. The summed E-state index contributed by atoms with van der Waals surface area (Å²) in [6.07, 6.45) is 2.27. The molecule has 96 valence electrons. The lowest BCUT2D eigenvalue weighted by Gasteiger charge is -2.08. The molecule has 3 nitrogen and oxygen atoms in total. The number of ether oxygens (including phenoxy) is 1. The molecule has 18 heavy (non-hydrogen) atoms. The fourth-order valence-corrected chi connectivity index (χ4v) is 2.62. The third-order valence-corrected chi connectivity index (χ3v) is 3.41. The molecule has 1 aliphatic rings. The van der Waals surface area contributed by atoms with Gasteiger partial charge in [0.25, 0.3) is 0 Å². The molecule has 1 aromatic rings. The summed E-state index contributed by atoms with van der Waals surface area (Å²) in [6.45, 7) is 5.08. The Bertz CT molecular complexity index is 503. The van der Waals surface area contributed by atoms with Gasteiger partial charge in [-0.1, -0.05) is 13.0 Å². The van der Waals surface area contributed by atoms with Gasteiger partial charge in [0.05, 0.1) is 0 Å². The summed E-state index contributed by atoms with van der Waals surface area (Å²) in [5.74, 6) is -0.138. The normalized spacial score (nSPS) is 17.4. The van der Waals surface area contributed by atoms with Gasteiger partial charge in [0.15, 0.2) is 5.78 Å². The van der Waals surface area contributed by atoms with E-state index in [1.807, 2.05) is 13.0 Å². The molecule has 1 atom stereocenters. The second-order valence-electron chi connectivity index (χ2n) is 4.83. The number of rotatable bonds is 3. The van der Waals surface area contributed by atoms with Gasteiger partial charge in [-0.3, -0.25) is 9.59 Å². The van der Waals surface area contributed by atoms with E-state index in [1.165, 1.54) is 12.5 Å². The summed E-state index contributed by atoms with van der Waals surface area (Å²) in [6, 6.07) is 4.07. The highest BCUT2D eigenvalue weighted by molar-refractivity contribution is 5.96. The third-order valence-electron chi connectivity index (χ3n) is 3.41. The molecule has 1 aromatic carbocycles. The first-order valence-corrected chi connectivity index (χ1v) is 6.34. The zero-order valence-electron chi connectivity index (χ0n) is 11.1. The van der Waals surface area contributed by atoms with Crippen LogP contribution in [0.15, 0.2) is 12.1 Å². The van der Waals surface area contributed by atoms with Crippen LogP contribution in [0.2, 0.25) is 0 Å². The fraction of sp³-hybridized carbons (Fsp3) is 0.467. The van der Waals surface area contributed by atoms with Crippen LogP contribution < -0.4 is 0 Å². The van der Waals surface area contributed by atoms with Gasteiger partial charge in [0, 0.05) is 25.3 Å². The average Bonchev–Trinajstić information content (AvgIpc) is 2.66.